The van der Waals surface area contributed by atoms with Crippen molar-refractivity contribution in [1.29, 1.82) is 0 Å². The summed E-state index contributed by atoms with van der Waals surface area (Å²) in [6.45, 7) is 2.10. The number of benzene rings is 3. The van der Waals surface area contributed by atoms with Crippen molar-refractivity contribution >= 4 is 33.4 Å². The SMILES string of the molecule is O=c1cc(CCC(c2ccc(Cl)cc2)N2CCC(c3c[nH]c4ccccc34)CC2)c2ccccc2[nH]1. The molecule has 4 nitrogen and oxygen atoms in total. The van der Waals surface area contributed by atoms with E-state index < -0.39 is 0 Å². The Morgan fingerprint density at radius 3 is 2.36 bits per heavy atom. The number of para-hydroxylation sites is 2. The number of hydrogen-bond acceptors (Lipinski definition) is 2. The zero-order valence-electron chi connectivity index (χ0n) is 20.2. The van der Waals surface area contributed by atoms with Gasteiger partial charge >= 0.3 is 0 Å². The van der Waals surface area contributed by atoms with Crippen molar-refractivity contribution in [2.75, 3.05) is 13.1 Å². The number of hydrogen-bond donors (Lipinski definition) is 2. The molecule has 5 aromatic rings. The maximum absolute atomic E-state index is 12.3. The molecule has 1 aliphatic heterocycles. The summed E-state index contributed by atoms with van der Waals surface area (Å²) in [5.41, 5.74) is 5.94. The summed E-state index contributed by atoms with van der Waals surface area (Å²) in [7, 11) is 0. The smallest absolute Gasteiger partial charge is 0.248 e. The van der Waals surface area contributed by atoms with Crippen LogP contribution in [0, 0.1) is 0 Å². The summed E-state index contributed by atoms with van der Waals surface area (Å²) in [5, 5.41) is 3.24. The Morgan fingerprint density at radius 1 is 0.889 bits per heavy atom. The number of nitrogens with zero attached hydrogens (tertiary/aromatic N) is 1. The van der Waals surface area contributed by atoms with Gasteiger partial charge in [0.15, 0.2) is 0 Å². The van der Waals surface area contributed by atoms with Crippen LogP contribution in [0.5, 0.6) is 0 Å². The molecule has 2 aromatic heterocycles. The maximum atomic E-state index is 12.3. The Bertz CT molecular complexity index is 1540. The molecule has 36 heavy (non-hydrogen) atoms. The molecule has 1 atom stereocenters. The highest BCUT2D eigenvalue weighted by Gasteiger charge is 2.28. The minimum Gasteiger partial charge on any atom is -0.361 e. The monoisotopic (exact) mass is 495 g/mol. The third-order valence-electron chi connectivity index (χ3n) is 7.81. The van der Waals surface area contributed by atoms with E-state index >= 15 is 0 Å². The fourth-order valence-corrected chi connectivity index (χ4v) is 6.10. The molecular weight excluding hydrogens is 466 g/mol. The van der Waals surface area contributed by atoms with E-state index in [9.17, 15) is 4.79 Å². The summed E-state index contributed by atoms with van der Waals surface area (Å²) < 4.78 is 0. The predicted octanol–water partition coefficient (Wildman–Crippen LogP) is 7.22. The Morgan fingerprint density at radius 2 is 1.58 bits per heavy atom. The number of nitrogens with one attached hydrogen (secondary N) is 2. The summed E-state index contributed by atoms with van der Waals surface area (Å²) in [6.07, 6.45) is 6.28. The first-order chi connectivity index (χ1) is 17.7. The van der Waals surface area contributed by atoms with E-state index in [1.807, 2.05) is 30.3 Å². The quantitative estimate of drug-likeness (QED) is 0.261. The Kier molecular flexibility index (Phi) is 6.39. The summed E-state index contributed by atoms with van der Waals surface area (Å²) in [6, 6.07) is 27.0. The van der Waals surface area contributed by atoms with Crippen molar-refractivity contribution in [1.82, 2.24) is 14.9 Å². The average Bonchev–Trinajstić information content (AvgIpc) is 3.34. The lowest BCUT2D eigenvalue weighted by atomic mass is 9.87. The van der Waals surface area contributed by atoms with Crippen molar-refractivity contribution in [2.45, 2.75) is 37.6 Å². The molecule has 3 heterocycles. The molecule has 2 N–H and O–H groups in total. The van der Waals surface area contributed by atoms with Gasteiger partial charge < -0.3 is 9.97 Å². The lowest BCUT2D eigenvalue weighted by Crippen LogP contribution is -2.36. The summed E-state index contributed by atoms with van der Waals surface area (Å²) in [4.78, 5) is 21.4. The van der Waals surface area contributed by atoms with Crippen LogP contribution >= 0.6 is 11.6 Å². The molecule has 0 aliphatic carbocycles. The number of pyridine rings is 1. The van der Waals surface area contributed by atoms with Crippen LogP contribution in [0.3, 0.4) is 0 Å². The molecule has 182 valence electrons. The molecule has 3 aromatic carbocycles. The normalized spacial score (nSPS) is 16.0. The van der Waals surface area contributed by atoms with Crippen LogP contribution in [-0.2, 0) is 6.42 Å². The van der Waals surface area contributed by atoms with Crippen LogP contribution in [0.15, 0.2) is 89.9 Å². The van der Waals surface area contributed by atoms with Crippen molar-refractivity contribution in [3.05, 3.63) is 117 Å². The van der Waals surface area contributed by atoms with E-state index in [1.165, 1.54) is 22.0 Å². The second-order valence-electron chi connectivity index (χ2n) is 9.91. The molecule has 0 amide bonds. The number of piperidine rings is 1. The van der Waals surface area contributed by atoms with Crippen molar-refractivity contribution in [3.8, 4) is 0 Å². The first-order valence-electron chi connectivity index (χ1n) is 12.8. The third-order valence-corrected chi connectivity index (χ3v) is 8.06. The minimum atomic E-state index is -0.0358. The molecular formula is C31H30ClN3O. The number of rotatable bonds is 6. The molecule has 1 aliphatic rings. The predicted molar refractivity (Wildman–Crippen MR) is 149 cm³/mol. The first-order valence-corrected chi connectivity index (χ1v) is 13.2. The number of fused-ring (bicyclic) bond motifs is 2. The maximum Gasteiger partial charge on any atom is 0.248 e. The van der Waals surface area contributed by atoms with Gasteiger partial charge in [0.2, 0.25) is 5.56 Å². The van der Waals surface area contributed by atoms with Gasteiger partial charge in [-0.05, 0) is 85.6 Å². The van der Waals surface area contributed by atoms with Gasteiger partial charge in [-0.2, -0.15) is 0 Å². The van der Waals surface area contributed by atoms with E-state index in [2.05, 4.69) is 63.5 Å². The van der Waals surface area contributed by atoms with Gasteiger partial charge in [0.05, 0.1) is 0 Å². The fourth-order valence-electron chi connectivity index (χ4n) is 5.97. The highest BCUT2D eigenvalue weighted by Crippen LogP contribution is 2.37. The van der Waals surface area contributed by atoms with Gasteiger partial charge in [-0.1, -0.05) is 60.1 Å². The number of aromatic amines is 2. The molecule has 0 radical (unpaired) electrons. The number of halogens is 1. The lowest BCUT2D eigenvalue weighted by Gasteiger charge is -2.38. The van der Waals surface area contributed by atoms with Crippen LogP contribution in [0.1, 0.15) is 47.9 Å². The molecule has 5 heteroatoms. The van der Waals surface area contributed by atoms with Gasteiger partial charge in [-0.15, -0.1) is 0 Å². The number of aromatic nitrogens is 2. The van der Waals surface area contributed by atoms with Crippen molar-refractivity contribution < 1.29 is 0 Å². The minimum absolute atomic E-state index is 0.0358. The van der Waals surface area contributed by atoms with Gasteiger partial charge in [0, 0.05) is 45.1 Å². The molecule has 1 unspecified atom stereocenters. The number of likely N-dealkylation sites (tertiary alicyclic amines) is 1. The Hall–Kier alpha value is -3.34. The molecule has 0 bridgehead atoms. The second kappa shape index (κ2) is 9.96. The van der Waals surface area contributed by atoms with Gasteiger partial charge in [0.25, 0.3) is 0 Å². The largest absolute Gasteiger partial charge is 0.361 e. The lowest BCUT2D eigenvalue weighted by molar-refractivity contribution is 0.145. The van der Waals surface area contributed by atoms with E-state index in [0.717, 1.165) is 60.3 Å². The molecule has 0 saturated carbocycles. The van der Waals surface area contributed by atoms with E-state index in [1.54, 1.807) is 6.07 Å². The van der Waals surface area contributed by atoms with Crippen molar-refractivity contribution in [2.24, 2.45) is 0 Å². The average molecular weight is 496 g/mol. The third kappa shape index (κ3) is 4.59. The van der Waals surface area contributed by atoms with Crippen LogP contribution in [0.2, 0.25) is 5.02 Å². The van der Waals surface area contributed by atoms with Crippen LogP contribution in [-0.4, -0.2) is 28.0 Å². The zero-order valence-corrected chi connectivity index (χ0v) is 21.0. The van der Waals surface area contributed by atoms with Crippen LogP contribution in [0.4, 0.5) is 0 Å². The van der Waals surface area contributed by atoms with Gasteiger partial charge in [-0.3, -0.25) is 9.69 Å². The van der Waals surface area contributed by atoms with Crippen LogP contribution < -0.4 is 5.56 Å². The summed E-state index contributed by atoms with van der Waals surface area (Å²) >= 11 is 6.23. The molecule has 1 fully saturated rings. The summed E-state index contributed by atoms with van der Waals surface area (Å²) in [5.74, 6) is 0.569. The topological polar surface area (TPSA) is 51.9 Å². The van der Waals surface area contributed by atoms with E-state index in [0.29, 0.717) is 5.92 Å². The molecule has 1 saturated heterocycles. The highest BCUT2D eigenvalue weighted by molar-refractivity contribution is 6.30. The Balaban J connectivity index is 1.24. The van der Waals surface area contributed by atoms with Crippen LogP contribution in [0.25, 0.3) is 21.8 Å². The Labute approximate surface area is 215 Å². The zero-order chi connectivity index (χ0) is 24.5. The van der Waals surface area contributed by atoms with E-state index in [-0.39, 0.29) is 11.6 Å². The fraction of sp³-hybridized carbons (Fsp3) is 0.258. The first kappa shape index (κ1) is 23.1. The van der Waals surface area contributed by atoms with Gasteiger partial charge in [-0.25, -0.2) is 0 Å². The number of aryl methyl sites for hydroxylation is 1. The van der Waals surface area contributed by atoms with E-state index in [4.69, 9.17) is 11.6 Å². The highest BCUT2D eigenvalue weighted by atomic mass is 35.5. The van der Waals surface area contributed by atoms with Gasteiger partial charge in [0.1, 0.15) is 0 Å². The standard InChI is InChI=1S/C31H30ClN3O/c32-24-12-9-22(10-13-24)30(14-11-23-19-31(36)34-29-8-4-1-5-25(23)29)35-17-15-21(16-18-35)27-20-33-28-7-3-2-6-26(27)28/h1-10,12-13,19-21,30,33H,11,14-18H2,(H,34,36). The number of H-pyrrole nitrogens is 2. The molecule has 6 rings (SSSR count). The van der Waals surface area contributed by atoms with Crippen molar-refractivity contribution in [3.63, 3.8) is 0 Å². The second-order valence-corrected chi connectivity index (χ2v) is 10.3. The molecule has 0 spiro atoms.